The molecule has 0 bridgehead atoms. The molecule has 2 heterocycles. The van der Waals surface area contributed by atoms with Crippen LogP contribution in [0.25, 0.3) is 0 Å². The minimum atomic E-state index is -0.261. The van der Waals surface area contributed by atoms with Gasteiger partial charge in [-0.15, -0.1) is 0 Å². The summed E-state index contributed by atoms with van der Waals surface area (Å²) in [5.74, 6) is 0.886. The molecule has 0 saturated carbocycles. The molecule has 1 amide bonds. The number of hydrogen-bond acceptors (Lipinski definition) is 5. The number of nitrogen functional groups attached to an aromatic ring is 1. The summed E-state index contributed by atoms with van der Waals surface area (Å²) < 4.78 is 12.4. The SMILES string of the molecule is Cc1c(C(=O)Nc2cc3c(cc2N)OCO3)cnn1C(C)(C)C. The van der Waals surface area contributed by atoms with E-state index in [1.165, 1.54) is 0 Å². The maximum absolute atomic E-state index is 12.5. The number of fused-ring (bicyclic) bond motifs is 1. The maximum Gasteiger partial charge on any atom is 0.259 e. The Labute approximate surface area is 134 Å². The standard InChI is InChI=1S/C16H20N4O3/c1-9-10(7-18-20(9)16(2,3)4)15(21)19-12-6-14-13(5-11(12)17)22-8-23-14/h5-7H,8,17H2,1-4H3,(H,19,21). The van der Waals surface area contributed by atoms with Crippen LogP contribution in [-0.2, 0) is 5.54 Å². The van der Waals surface area contributed by atoms with Crippen molar-refractivity contribution < 1.29 is 14.3 Å². The Kier molecular flexibility index (Phi) is 3.43. The molecule has 0 spiro atoms. The first-order chi connectivity index (χ1) is 10.8. The van der Waals surface area contributed by atoms with Gasteiger partial charge >= 0.3 is 0 Å². The van der Waals surface area contributed by atoms with Crippen LogP contribution in [0, 0.1) is 6.92 Å². The van der Waals surface area contributed by atoms with E-state index in [1.54, 1.807) is 18.3 Å². The first-order valence-electron chi connectivity index (χ1n) is 7.33. The highest BCUT2D eigenvalue weighted by molar-refractivity contribution is 6.06. The molecule has 0 fully saturated rings. The molecule has 7 nitrogen and oxygen atoms in total. The molecule has 2 aromatic rings. The van der Waals surface area contributed by atoms with Gasteiger partial charge in [0.05, 0.1) is 28.7 Å². The molecule has 3 rings (SSSR count). The lowest BCUT2D eigenvalue weighted by Crippen LogP contribution is -2.25. The molecule has 0 radical (unpaired) electrons. The molecule has 1 aromatic carbocycles. The fourth-order valence-corrected chi connectivity index (χ4v) is 2.56. The molecule has 7 heteroatoms. The van der Waals surface area contributed by atoms with Crippen molar-refractivity contribution >= 4 is 17.3 Å². The van der Waals surface area contributed by atoms with Crippen molar-refractivity contribution in [3.63, 3.8) is 0 Å². The Bertz CT molecular complexity index is 774. The number of hydrogen-bond donors (Lipinski definition) is 2. The number of nitrogens with one attached hydrogen (secondary N) is 1. The van der Waals surface area contributed by atoms with Crippen molar-refractivity contribution in [3.8, 4) is 11.5 Å². The molecular formula is C16H20N4O3. The number of amides is 1. The zero-order chi connectivity index (χ0) is 16.8. The van der Waals surface area contributed by atoms with Gasteiger partial charge in [-0.3, -0.25) is 9.48 Å². The molecule has 1 aliphatic heterocycles. The van der Waals surface area contributed by atoms with Gasteiger partial charge in [-0.1, -0.05) is 0 Å². The number of carbonyl (C=O) groups excluding carboxylic acids is 1. The van der Waals surface area contributed by atoms with Gasteiger partial charge in [0.2, 0.25) is 6.79 Å². The quantitative estimate of drug-likeness (QED) is 0.831. The molecular weight excluding hydrogens is 296 g/mol. The highest BCUT2D eigenvalue weighted by Crippen LogP contribution is 2.38. The Balaban J connectivity index is 1.87. The Morgan fingerprint density at radius 1 is 1.30 bits per heavy atom. The van der Waals surface area contributed by atoms with E-state index in [1.807, 2.05) is 32.4 Å². The van der Waals surface area contributed by atoms with Gasteiger partial charge in [-0.2, -0.15) is 5.10 Å². The largest absolute Gasteiger partial charge is 0.454 e. The van der Waals surface area contributed by atoms with Crippen LogP contribution in [0.2, 0.25) is 0 Å². The van der Waals surface area contributed by atoms with Crippen LogP contribution in [0.1, 0.15) is 36.8 Å². The molecule has 0 aliphatic carbocycles. The summed E-state index contributed by atoms with van der Waals surface area (Å²) in [5, 5.41) is 7.12. The van der Waals surface area contributed by atoms with Crippen molar-refractivity contribution in [2.75, 3.05) is 17.8 Å². The topological polar surface area (TPSA) is 91.4 Å². The van der Waals surface area contributed by atoms with Gasteiger partial charge in [-0.25, -0.2) is 0 Å². The van der Waals surface area contributed by atoms with E-state index in [0.717, 1.165) is 5.69 Å². The maximum atomic E-state index is 12.5. The lowest BCUT2D eigenvalue weighted by atomic mass is 10.1. The summed E-state index contributed by atoms with van der Waals surface area (Å²) in [4.78, 5) is 12.5. The first-order valence-corrected chi connectivity index (χ1v) is 7.33. The number of carbonyl (C=O) groups is 1. The van der Waals surface area contributed by atoms with Crippen LogP contribution < -0.4 is 20.5 Å². The van der Waals surface area contributed by atoms with Crippen molar-refractivity contribution in [1.29, 1.82) is 0 Å². The first kappa shape index (κ1) is 15.2. The van der Waals surface area contributed by atoms with E-state index >= 15 is 0 Å². The number of ether oxygens (including phenoxy) is 2. The third-order valence-corrected chi connectivity index (χ3v) is 3.68. The number of aromatic nitrogens is 2. The third-order valence-electron chi connectivity index (χ3n) is 3.68. The highest BCUT2D eigenvalue weighted by Gasteiger charge is 2.23. The minimum absolute atomic E-state index is 0.156. The summed E-state index contributed by atoms with van der Waals surface area (Å²) in [6, 6.07) is 3.31. The van der Waals surface area contributed by atoms with Crippen molar-refractivity contribution in [2.24, 2.45) is 0 Å². The van der Waals surface area contributed by atoms with E-state index in [2.05, 4.69) is 10.4 Å². The second-order valence-corrected chi connectivity index (χ2v) is 6.47. The number of benzene rings is 1. The van der Waals surface area contributed by atoms with Crippen LogP contribution in [0.3, 0.4) is 0 Å². The van der Waals surface area contributed by atoms with Gasteiger partial charge in [0.1, 0.15) is 0 Å². The summed E-state index contributed by atoms with van der Waals surface area (Å²) >= 11 is 0. The number of rotatable bonds is 2. The van der Waals surface area contributed by atoms with Crippen molar-refractivity contribution in [3.05, 3.63) is 29.6 Å². The normalized spacial score (nSPS) is 13.2. The number of nitrogens with two attached hydrogens (primary N) is 1. The fraction of sp³-hybridized carbons (Fsp3) is 0.375. The van der Waals surface area contributed by atoms with Gasteiger partial charge in [0.15, 0.2) is 11.5 Å². The summed E-state index contributed by atoms with van der Waals surface area (Å²) in [7, 11) is 0. The predicted octanol–water partition coefficient (Wildman–Crippen LogP) is 2.51. The molecule has 0 saturated heterocycles. The van der Waals surface area contributed by atoms with Crippen LogP contribution in [-0.4, -0.2) is 22.5 Å². The second-order valence-electron chi connectivity index (χ2n) is 6.47. The lowest BCUT2D eigenvalue weighted by Gasteiger charge is -2.21. The van der Waals surface area contributed by atoms with Crippen molar-refractivity contribution in [2.45, 2.75) is 33.2 Å². The zero-order valence-corrected chi connectivity index (χ0v) is 13.6. The lowest BCUT2D eigenvalue weighted by molar-refractivity contribution is 0.102. The summed E-state index contributed by atoms with van der Waals surface area (Å²) in [6.07, 6.45) is 1.57. The summed E-state index contributed by atoms with van der Waals surface area (Å²) in [5.41, 5.74) is 7.99. The highest BCUT2D eigenvalue weighted by atomic mass is 16.7. The fourth-order valence-electron chi connectivity index (χ4n) is 2.56. The van der Waals surface area contributed by atoms with E-state index in [-0.39, 0.29) is 18.2 Å². The molecule has 3 N–H and O–H groups in total. The smallest absolute Gasteiger partial charge is 0.259 e. The van der Waals surface area contributed by atoms with Gasteiger partial charge in [0.25, 0.3) is 5.91 Å². The Morgan fingerprint density at radius 2 is 1.96 bits per heavy atom. The molecule has 23 heavy (non-hydrogen) atoms. The van der Waals surface area contributed by atoms with Crippen LogP contribution in [0.4, 0.5) is 11.4 Å². The molecule has 0 atom stereocenters. The Hall–Kier alpha value is -2.70. The van der Waals surface area contributed by atoms with Gasteiger partial charge in [0, 0.05) is 17.8 Å². The molecule has 122 valence electrons. The van der Waals surface area contributed by atoms with Crippen molar-refractivity contribution in [1.82, 2.24) is 9.78 Å². The van der Waals surface area contributed by atoms with Gasteiger partial charge in [-0.05, 0) is 27.7 Å². The van der Waals surface area contributed by atoms with Crippen LogP contribution in [0.15, 0.2) is 18.3 Å². The molecule has 0 unspecified atom stereocenters. The number of anilines is 2. The Morgan fingerprint density at radius 3 is 2.57 bits per heavy atom. The van der Waals surface area contributed by atoms with Crippen LogP contribution in [0.5, 0.6) is 11.5 Å². The monoisotopic (exact) mass is 316 g/mol. The zero-order valence-electron chi connectivity index (χ0n) is 13.6. The van der Waals surface area contributed by atoms with E-state index in [4.69, 9.17) is 15.2 Å². The average Bonchev–Trinajstić information content (AvgIpc) is 3.04. The van der Waals surface area contributed by atoms with Gasteiger partial charge < -0.3 is 20.5 Å². The second kappa shape index (κ2) is 5.19. The predicted molar refractivity (Wildman–Crippen MR) is 86.9 cm³/mol. The van der Waals surface area contributed by atoms with E-state index in [9.17, 15) is 4.79 Å². The third kappa shape index (κ3) is 2.69. The minimum Gasteiger partial charge on any atom is -0.454 e. The number of nitrogens with zero attached hydrogens (tertiary/aromatic N) is 2. The molecule has 1 aromatic heterocycles. The van der Waals surface area contributed by atoms with E-state index in [0.29, 0.717) is 28.4 Å². The average molecular weight is 316 g/mol. The summed E-state index contributed by atoms with van der Waals surface area (Å²) in [6.45, 7) is 8.12. The molecule has 1 aliphatic rings. The van der Waals surface area contributed by atoms with Crippen LogP contribution >= 0.6 is 0 Å². The van der Waals surface area contributed by atoms with E-state index < -0.39 is 0 Å².